The maximum absolute atomic E-state index is 9.22. The van der Waals surface area contributed by atoms with Gasteiger partial charge in [-0.1, -0.05) is 27.7 Å². The Morgan fingerprint density at radius 2 is 2.07 bits per heavy atom. The molecule has 0 bridgehead atoms. The Hall–Kier alpha value is -0.0800. The average Bonchev–Trinajstić information content (AvgIpc) is 2.41. The van der Waals surface area contributed by atoms with Gasteiger partial charge in [-0.25, -0.2) is 0 Å². The molecule has 1 aliphatic rings. The highest BCUT2D eigenvalue weighted by atomic mass is 16.3. The highest BCUT2D eigenvalue weighted by molar-refractivity contribution is 4.88. The van der Waals surface area contributed by atoms with E-state index < -0.39 is 0 Å². The second-order valence-corrected chi connectivity index (χ2v) is 5.80. The van der Waals surface area contributed by atoms with Gasteiger partial charge >= 0.3 is 0 Å². The third-order valence-corrected chi connectivity index (χ3v) is 3.42. The predicted molar refractivity (Wildman–Crippen MR) is 60.3 cm³/mol. The maximum Gasteiger partial charge on any atom is 0.0587 e. The van der Waals surface area contributed by atoms with E-state index in [1.54, 1.807) is 0 Å². The number of aliphatic hydroxyl groups is 1. The van der Waals surface area contributed by atoms with E-state index in [4.69, 9.17) is 0 Å². The molecule has 0 saturated heterocycles. The molecule has 2 N–H and O–H groups in total. The molecule has 14 heavy (non-hydrogen) atoms. The van der Waals surface area contributed by atoms with Gasteiger partial charge in [0.2, 0.25) is 0 Å². The van der Waals surface area contributed by atoms with Crippen molar-refractivity contribution in [2.45, 2.75) is 59.0 Å². The van der Waals surface area contributed by atoms with Crippen molar-refractivity contribution in [3.8, 4) is 0 Å². The van der Waals surface area contributed by atoms with E-state index in [2.05, 4.69) is 33.0 Å². The van der Waals surface area contributed by atoms with Crippen molar-refractivity contribution in [3.05, 3.63) is 0 Å². The van der Waals surface area contributed by atoms with Gasteiger partial charge in [-0.05, 0) is 30.6 Å². The van der Waals surface area contributed by atoms with Crippen LogP contribution in [0.2, 0.25) is 0 Å². The Labute approximate surface area is 88.1 Å². The zero-order valence-corrected chi connectivity index (χ0v) is 10.0. The first-order chi connectivity index (χ1) is 6.44. The zero-order valence-electron chi connectivity index (χ0n) is 10.0. The Morgan fingerprint density at radius 1 is 1.43 bits per heavy atom. The number of hydrogen-bond donors (Lipinski definition) is 2. The summed E-state index contributed by atoms with van der Waals surface area (Å²) in [5, 5.41) is 12.8. The van der Waals surface area contributed by atoms with Crippen molar-refractivity contribution in [1.82, 2.24) is 5.32 Å². The van der Waals surface area contributed by atoms with Gasteiger partial charge in [0.15, 0.2) is 0 Å². The molecule has 0 amide bonds. The van der Waals surface area contributed by atoms with Crippen molar-refractivity contribution in [1.29, 1.82) is 0 Å². The van der Waals surface area contributed by atoms with Crippen LogP contribution >= 0.6 is 0 Å². The average molecular weight is 199 g/mol. The second kappa shape index (κ2) is 4.63. The van der Waals surface area contributed by atoms with Crippen LogP contribution in [0.5, 0.6) is 0 Å². The maximum atomic E-state index is 9.22. The molecule has 1 rings (SSSR count). The minimum absolute atomic E-state index is 0.259. The molecule has 2 atom stereocenters. The standard InChI is InChI=1S/C12H25NO/c1-9(2)11(8-14)13-10-5-6-12(3,4)7-10/h9-11,13-14H,5-8H2,1-4H3. The van der Waals surface area contributed by atoms with Gasteiger partial charge in [-0.15, -0.1) is 0 Å². The summed E-state index contributed by atoms with van der Waals surface area (Å²) in [6.07, 6.45) is 3.81. The minimum atomic E-state index is 0.259. The number of nitrogens with one attached hydrogen (secondary N) is 1. The van der Waals surface area contributed by atoms with E-state index >= 15 is 0 Å². The van der Waals surface area contributed by atoms with Crippen LogP contribution < -0.4 is 5.32 Å². The fourth-order valence-corrected chi connectivity index (χ4v) is 2.34. The smallest absolute Gasteiger partial charge is 0.0587 e. The van der Waals surface area contributed by atoms with E-state index in [0.717, 1.165) is 0 Å². The molecule has 1 saturated carbocycles. The van der Waals surface area contributed by atoms with Gasteiger partial charge in [-0.2, -0.15) is 0 Å². The van der Waals surface area contributed by atoms with Crippen LogP contribution in [0, 0.1) is 11.3 Å². The fourth-order valence-electron chi connectivity index (χ4n) is 2.34. The Bertz CT molecular complexity index is 177. The molecule has 0 aromatic heterocycles. The molecule has 0 aromatic carbocycles. The third kappa shape index (κ3) is 3.25. The molecule has 0 spiro atoms. The zero-order chi connectivity index (χ0) is 10.8. The molecule has 2 unspecified atom stereocenters. The molecular formula is C12H25NO. The third-order valence-electron chi connectivity index (χ3n) is 3.42. The lowest BCUT2D eigenvalue weighted by molar-refractivity contribution is 0.196. The Morgan fingerprint density at radius 3 is 2.43 bits per heavy atom. The molecule has 2 nitrogen and oxygen atoms in total. The first kappa shape index (κ1) is 12.0. The van der Waals surface area contributed by atoms with Gasteiger partial charge in [0.25, 0.3) is 0 Å². The summed E-state index contributed by atoms with van der Waals surface area (Å²) in [5.41, 5.74) is 0.495. The summed E-state index contributed by atoms with van der Waals surface area (Å²) in [4.78, 5) is 0. The Balaban J connectivity index is 2.38. The first-order valence-corrected chi connectivity index (χ1v) is 5.81. The minimum Gasteiger partial charge on any atom is -0.395 e. The van der Waals surface area contributed by atoms with Crippen molar-refractivity contribution in [2.75, 3.05) is 6.61 Å². The molecule has 0 heterocycles. The van der Waals surface area contributed by atoms with Gasteiger partial charge in [0.1, 0.15) is 0 Å². The van der Waals surface area contributed by atoms with Crippen LogP contribution in [0.3, 0.4) is 0 Å². The van der Waals surface area contributed by atoms with Crippen molar-refractivity contribution in [3.63, 3.8) is 0 Å². The molecule has 1 aliphatic carbocycles. The lowest BCUT2D eigenvalue weighted by Crippen LogP contribution is -2.42. The van der Waals surface area contributed by atoms with Gasteiger partial charge in [0.05, 0.1) is 6.61 Å². The fraction of sp³-hybridized carbons (Fsp3) is 1.00. The highest BCUT2D eigenvalue weighted by Crippen LogP contribution is 2.37. The summed E-state index contributed by atoms with van der Waals surface area (Å²) >= 11 is 0. The van der Waals surface area contributed by atoms with Crippen LogP contribution in [0.15, 0.2) is 0 Å². The number of hydrogen-bond acceptors (Lipinski definition) is 2. The van der Waals surface area contributed by atoms with Crippen molar-refractivity contribution >= 4 is 0 Å². The summed E-state index contributed by atoms with van der Waals surface area (Å²) in [7, 11) is 0. The van der Waals surface area contributed by atoms with Crippen LogP contribution in [0.1, 0.15) is 47.0 Å². The van der Waals surface area contributed by atoms with Crippen LogP contribution in [-0.2, 0) is 0 Å². The summed E-state index contributed by atoms with van der Waals surface area (Å²) in [6, 6.07) is 0.887. The quantitative estimate of drug-likeness (QED) is 0.727. The normalized spacial score (nSPS) is 28.3. The monoisotopic (exact) mass is 199 g/mol. The van der Waals surface area contributed by atoms with Crippen LogP contribution in [0.4, 0.5) is 0 Å². The molecule has 84 valence electrons. The molecule has 0 radical (unpaired) electrons. The summed E-state index contributed by atoms with van der Waals surface area (Å²) in [5.74, 6) is 0.517. The van der Waals surface area contributed by atoms with Crippen molar-refractivity contribution in [2.24, 2.45) is 11.3 Å². The molecule has 0 aromatic rings. The number of rotatable bonds is 4. The van der Waals surface area contributed by atoms with Crippen LogP contribution in [-0.4, -0.2) is 23.8 Å². The van der Waals surface area contributed by atoms with Crippen LogP contribution in [0.25, 0.3) is 0 Å². The molecule has 2 heteroatoms. The number of aliphatic hydroxyl groups excluding tert-OH is 1. The second-order valence-electron chi connectivity index (χ2n) is 5.80. The van der Waals surface area contributed by atoms with Gasteiger partial charge < -0.3 is 10.4 Å². The molecule has 0 aliphatic heterocycles. The van der Waals surface area contributed by atoms with Gasteiger partial charge in [-0.3, -0.25) is 0 Å². The SMILES string of the molecule is CC(C)C(CO)NC1CCC(C)(C)C1. The topological polar surface area (TPSA) is 32.3 Å². The predicted octanol–water partition coefficient (Wildman–Crippen LogP) is 2.17. The summed E-state index contributed by atoms with van der Waals surface area (Å²) < 4.78 is 0. The lowest BCUT2D eigenvalue weighted by atomic mass is 9.91. The first-order valence-electron chi connectivity index (χ1n) is 5.81. The van der Waals surface area contributed by atoms with Gasteiger partial charge in [0, 0.05) is 12.1 Å². The van der Waals surface area contributed by atoms with E-state index in [0.29, 0.717) is 17.4 Å². The van der Waals surface area contributed by atoms with Crippen molar-refractivity contribution < 1.29 is 5.11 Å². The molecular weight excluding hydrogens is 174 g/mol. The Kier molecular flexibility index (Phi) is 3.96. The largest absolute Gasteiger partial charge is 0.395 e. The highest BCUT2D eigenvalue weighted by Gasteiger charge is 2.32. The summed E-state index contributed by atoms with van der Waals surface area (Å²) in [6.45, 7) is 9.24. The van der Waals surface area contributed by atoms with E-state index in [1.807, 2.05) is 0 Å². The molecule has 1 fully saturated rings. The van der Waals surface area contributed by atoms with E-state index in [1.165, 1.54) is 19.3 Å². The van der Waals surface area contributed by atoms with E-state index in [-0.39, 0.29) is 12.6 Å². The lowest BCUT2D eigenvalue weighted by Gasteiger charge is -2.25. The van der Waals surface area contributed by atoms with E-state index in [9.17, 15) is 5.11 Å².